The topological polar surface area (TPSA) is 102 Å². The number of carbonyl (C=O) groups excluding carboxylic acids is 2. The van der Waals surface area contributed by atoms with E-state index in [-0.39, 0.29) is 19.6 Å². The van der Waals surface area contributed by atoms with Gasteiger partial charge in [-0.15, -0.1) is 0 Å². The largest absolute Gasteiger partial charge is 0.478 e. The van der Waals surface area contributed by atoms with Gasteiger partial charge in [-0.2, -0.15) is 0 Å². The van der Waals surface area contributed by atoms with Crippen molar-refractivity contribution in [3.8, 4) is 5.75 Å². The summed E-state index contributed by atoms with van der Waals surface area (Å²) in [5.41, 5.74) is 1.14. The van der Waals surface area contributed by atoms with E-state index >= 15 is 0 Å². The van der Waals surface area contributed by atoms with Gasteiger partial charge in [-0.1, -0.05) is 18.2 Å². The molecule has 9 heteroatoms. The lowest BCUT2D eigenvalue weighted by Crippen LogP contribution is -2.36. The molecule has 8 nitrogen and oxygen atoms in total. The molecule has 0 spiro atoms. The van der Waals surface area contributed by atoms with Gasteiger partial charge in [-0.3, -0.25) is 9.10 Å². The molecule has 0 aliphatic carbocycles. The normalized spacial score (nSPS) is 16.2. The van der Waals surface area contributed by atoms with E-state index in [1.54, 1.807) is 49.4 Å². The van der Waals surface area contributed by atoms with Crippen LogP contribution in [0.5, 0.6) is 5.75 Å². The highest BCUT2D eigenvalue weighted by atomic mass is 32.2. The van der Waals surface area contributed by atoms with Gasteiger partial charge in [0.2, 0.25) is 10.0 Å². The third kappa shape index (κ3) is 4.86. The number of sulfonamides is 1. The van der Waals surface area contributed by atoms with Crippen LogP contribution in [0.15, 0.2) is 48.5 Å². The summed E-state index contributed by atoms with van der Waals surface area (Å²) in [4.78, 5) is 24.6. The molecule has 0 unspecified atom stereocenters. The Labute approximate surface area is 169 Å². The summed E-state index contributed by atoms with van der Waals surface area (Å²) in [6, 6.07) is 13.1. The van der Waals surface area contributed by atoms with Gasteiger partial charge in [0, 0.05) is 18.7 Å². The number of carbonyl (C=O) groups is 2. The number of nitrogens with one attached hydrogen (secondary N) is 1. The third-order valence-electron chi connectivity index (χ3n) is 4.33. The van der Waals surface area contributed by atoms with Crippen molar-refractivity contribution < 1.29 is 27.5 Å². The second-order valence-corrected chi connectivity index (χ2v) is 8.40. The number of anilines is 2. The van der Waals surface area contributed by atoms with Crippen molar-refractivity contribution in [3.05, 3.63) is 54.1 Å². The quantitative estimate of drug-likeness (QED) is 0.748. The summed E-state index contributed by atoms with van der Waals surface area (Å²) in [5.74, 6) is -0.598. The summed E-state index contributed by atoms with van der Waals surface area (Å²) in [5, 5.41) is 2.72. The lowest BCUT2D eigenvalue weighted by Gasteiger charge is -2.20. The van der Waals surface area contributed by atoms with E-state index in [9.17, 15) is 18.0 Å². The minimum absolute atomic E-state index is 0.108. The second kappa shape index (κ2) is 8.52. The molecule has 0 aromatic heterocycles. The highest BCUT2D eigenvalue weighted by Crippen LogP contribution is 2.34. The van der Waals surface area contributed by atoms with Crippen LogP contribution in [0.4, 0.5) is 11.4 Å². The Bertz CT molecular complexity index is 1020. The van der Waals surface area contributed by atoms with Gasteiger partial charge in [0.05, 0.1) is 24.1 Å². The second-order valence-electron chi connectivity index (χ2n) is 6.49. The van der Waals surface area contributed by atoms with E-state index in [0.717, 1.165) is 6.26 Å². The molecule has 3 rings (SSSR count). The van der Waals surface area contributed by atoms with Crippen LogP contribution in [0.1, 0.15) is 23.7 Å². The molecular weight excluding hydrogens is 396 g/mol. The lowest BCUT2D eigenvalue weighted by molar-refractivity contribution is -0.122. The summed E-state index contributed by atoms with van der Waals surface area (Å²) in [7, 11) is -3.52. The van der Waals surface area contributed by atoms with Crippen LogP contribution >= 0.6 is 0 Å². The molecule has 2 aromatic carbocycles. The van der Waals surface area contributed by atoms with Gasteiger partial charge >= 0.3 is 5.97 Å². The first-order valence-corrected chi connectivity index (χ1v) is 11.0. The van der Waals surface area contributed by atoms with Crippen molar-refractivity contribution in [2.45, 2.75) is 19.4 Å². The molecule has 0 bridgehead atoms. The van der Waals surface area contributed by atoms with Crippen LogP contribution in [0.3, 0.4) is 0 Å². The predicted molar refractivity (Wildman–Crippen MR) is 109 cm³/mol. The molecule has 1 aliphatic heterocycles. The molecule has 1 amide bonds. The molecule has 1 N–H and O–H groups in total. The predicted octanol–water partition coefficient (Wildman–Crippen LogP) is 2.42. The fraction of sp³-hybridized carbons (Fsp3) is 0.300. The first kappa shape index (κ1) is 20.7. The van der Waals surface area contributed by atoms with Crippen LogP contribution in [0.25, 0.3) is 0 Å². The number of nitrogens with zero attached hydrogens (tertiary/aromatic N) is 1. The van der Waals surface area contributed by atoms with Crippen molar-refractivity contribution >= 4 is 33.3 Å². The molecule has 29 heavy (non-hydrogen) atoms. The zero-order valence-corrected chi connectivity index (χ0v) is 16.9. The standard InChI is InChI=1S/C20H22N2O6S/c1-3-27-20(24)14-7-6-8-15(13-14)21-19(23)18-11-12-22(29(2,25)26)16-9-4-5-10-17(16)28-18/h4-10,13,18H,3,11-12H2,1-2H3,(H,21,23)/t18-/m1/s1. The summed E-state index contributed by atoms with van der Waals surface area (Å²) in [6.07, 6.45) is 0.394. The molecule has 0 fully saturated rings. The fourth-order valence-electron chi connectivity index (χ4n) is 3.02. The number of para-hydroxylation sites is 2. The first-order chi connectivity index (χ1) is 13.8. The zero-order chi connectivity index (χ0) is 21.0. The van der Waals surface area contributed by atoms with E-state index in [4.69, 9.17) is 9.47 Å². The molecule has 2 aromatic rings. The highest BCUT2D eigenvalue weighted by molar-refractivity contribution is 7.92. The Balaban J connectivity index is 1.79. The SMILES string of the molecule is CCOC(=O)c1cccc(NC(=O)[C@H]2CCN(S(C)(=O)=O)c3ccccc3O2)c1. The van der Waals surface area contributed by atoms with Crippen LogP contribution in [-0.2, 0) is 19.6 Å². The number of amides is 1. The lowest BCUT2D eigenvalue weighted by atomic mass is 10.2. The molecular formula is C20H22N2O6S. The van der Waals surface area contributed by atoms with Crippen molar-refractivity contribution in [1.29, 1.82) is 0 Å². The molecule has 1 heterocycles. The van der Waals surface area contributed by atoms with Gasteiger partial charge < -0.3 is 14.8 Å². The average Bonchev–Trinajstić information content (AvgIpc) is 2.88. The van der Waals surface area contributed by atoms with Crippen molar-refractivity contribution in [2.75, 3.05) is 29.0 Å². The fourth-order valence-corrected chi connectivity index (χ4v) is 3.97. The van der Waals surface area contributed by atoms with Crippen molar-refractivity contribution in [2.24, 2.45) is 0 Å². The third-order valence-corrected chi connectivity index (χ3v) is 5.51. The Hall–Kier alpha value is -3.07. The summed E-state index contributed by atoms with van der Waals surface area (Å²) < 4.78 is 36.3. The molecule has 1 atom stereocenters. The Morgan fingerprint density at radius 2 is 1.97 bits per heavy atom. The van der Waals surface area contributed by atoms with Gasteiger partial charge in [-0.05, 0) is 37.3 Å². The maximum absolute atomic E-state index is 12.8. The van der Waals surface area contributed by atoms with E-state index in [1.807, 2.05) is 0 Å². The number of rotatable bonds is 5. The van der Waals surface area contributed by atoms with Gasteiger partial charge in [0.15, 0.2) is 6.10 Å². The van der Waals surface area contributed by atoms with Crippen LogP contribution in [0, 0.1) is 0 Å². The summed E-state index contributed by atoms with van der Waals surface area (Å²) >= 11 is 0. The number of esters is 1. The van der Waals surface area contributed by atoms with Crippen LogP contribution < -0.4 is 14.4 Å². The van der Waals surface area contributed by atoms with E-state index in [1.165, 1.54) is 10.4 Å². The van der Waals surface area contributed by atoms with E-state index in [2.05, 4.69) is 5.32 Å². The number of hydrogen-bond donors (Lipinski definition) is 1. The number of fused-ring (bicyclic) bond motifs is 1. The van der Waals surface area contributed by atoms with Gasteiger partial charge in [-0.25, -0.2) is 13.2 Å². The maximum atomic E-state index is 12.8. The Kier molecular flexibility index (Phi) is 6.07. The average molecular weight is 418 g/mol. The van der Waals surface area contributed by atoms with Gasteiger partial charge in [0.1, 0.15) is 5.75 Å². The summed E-state index contributed by atoms with van der Waals surface area (Å²) in [6.45, 7) is 2.07. The minimum atomic E-state index is -3.52. The number of ether oxygens (including phenoxy) is 2. The monoisotopic (exact) mass is 418 g/mol. The van der Waals surface area contributed by atoms with E-state index < -0.39 is 28.0 Å². The Morgan fingerprint density at radius 3 is 2.69 bits per heavy atom. The maximum Gasteiger partial charge on any atom is 0.338 e. The molecule has 0 saturated heterocycles. The highest BCUT2D eigenvalue weighted by Gasteiger charge is 2.31. The minimum Gasteiger partial charge on any atom is -0.478 e. The van der Waals surface area contributed by atoms with Gasteiger partial charge in [0.25, 0.3) is 5.91 Å². The number of hydrogen-bond acceptors (Lipinski definition) is 6. The smallest absolute Gasteiger partial charge is 0.338 e. The molecule has 0 saturated carbocycles. The Morgan fingerprint density at radius 1 is 1.21 bits per heavy atom. The zero-order valence-electron chi connectivity index (χ0n) is 16.1. The van der Waals surface area contributed by atoms with Crippen LogP contribution in [0.2, 0.25) is 0 Å². The molecule has 154 valence electrons. The molecule has 0 radical (unpaired) electrons. The number of benzene rings is 2. The first-order valence-electron chi connectivity index (χ1n) is 9.11. The van der Waals surface area contributed by atoms with Crippen LogP contribution in [-0.4, -0.2) is 45.8 Å². The van der Waals surface area contributed by atoms with Crippen molar-refractivity contribution in [1.82, 2.24) is 0 Å². The molecule has 1 aliphatic rings. The van der Waals surface area contributed by atoms with Crippen molar-refractivity contribution in [3.63, 3.8) is 0 Å². The van der Waals surface area contributed by atoms with E-state index in [0.29, 0.717) is 22.7 Å².